The van der Waals surface area contributed by atoms with Gasteiger partial charge in [-0.1, -0.05) is 28.4 Å². The molecule has 0 aliphatic rings. The fraction of sp³-hybridized carbons (Fsp3) is 0.267. The minimum atomic E-state index is -0.449. The SMILES string of the molecule is CCO/N=C/c1c(Cl)ccc(C(=O)c2cnn(CC)c2O)c1Cl. The number of benzene rings is 1. The molecule has 0 unspecified atom stereocenters. The number of rotatable bonds is 6. The molecule has 6 nitrogen and oxygen atoms in total. The Morgan fingerprint density at radius 2 is 2.13 bits per heavy atom. The number of aryl methyl sites for hydroxylation is 1. The van der Waals surface area contributed by atoms with Crippen LogP contribution in [0, 0.1) is 0 Å². The Labute approximate surface area is 143 Å². The van der Waals surface area contributed by atoms with Crippen molar-refractivity contribution in [2.75, 3.05) is 6.61 Å². The minimum Gasteiger partial charge on any atom is -0.493 e. The average molecular weight is 356 g/mol. The Kier molecular flexibility index (Phi) is 5.63. The van der Waals surface area contributed by atoms with E-state index in [2.05, 4.69) is 10.3 Å². The van der Waals surface area contributed by atoms with Gasteiger partial charge in [0.1, 0.15) is 12.2 Å². The van der Waals surface area contributed by atoms with Gasteiger partial charge in [0.15, 0.2) is 0 Å². The molecule has 2 rings (SSSR count). The first-order valence-corrected chi connectivity index (χ1v) is 7.69. The van der Waals surface area contributed by atoms with Crippen molar-refractivity contribution in [2.45, 2.75) is 20.4 Å². The molecule has 0 bridgehead atoms. The van der Waals surface area contributed by atoms with Crippen molar-refractivity contribution in [3.05, 3.63) is 45.1 Å². The molecule has 0 atom stereocenters. The van der Waals surface area contributed by atoms with Crippen LogP contribution in [-0.2, 0) is 11.4 Å². The second kappa shape index (κ2) is 7.48. The van der Waals surface area contributed by atoms with E-state index in [0.29, 0.717) is 23.7 Å². The highest BCUT2D eigenvalue weighted by atomic mass is 35.5. The van der Waals surface area contributed by atoms with E-state index in [1.54, 1.807) is 13.8 Å². The summed E-state index contributed by atoms with van der Waals surface area (Å²) < 4.78 is 1.31. The van der Waals surface area contributed by atoms with Crippen LogP contribution in [0.1, 0.15) is 35.3 Å². The molecule has 0 spiro atoms. The van der Waals surface area contributed by atoms with Crippen LogP contribution in [0.2, 0.25) is 10.0 Å². The maximum atomic E-state index is 12.6. The number of oxime groups is 1. The molecule has 1 aromatic carbocycles. The van der Waals surface area contributed by atoms with E-state index in [0.717, 1.165) is 0 Å². The Bertz CT molecular complexity index is 757. The molecule has 23 heavy (non-hydrogen) atoms. The molecule has 0 fully saturated rings. The first kappa shape index (κ1) is 17.3. The van der Waals surface area contributed by atoms with Crippen LogP contribution < -0.4 is 0 Å². The lowest BCUT2D eigenvalue weighted by atomic mass is 10.0. The number of aromatic nitrogens is 2. The maximum absolute atomic E-state index is 12.6. The maximum Gasteiger partial charge on any atom is 0.220 e. The third-order valence-corrected chi connectivity index (χ3v) is 3.85. The van der Waals surface area contributed by atoms with Gasteiger partial charge in [0, 0.05) is 17.7 Å². The smallest absolute Gasteiger partial charge is 0.220 e. The molecule has 0 amide bonds. The van der Waals surface area contributed by atoms with Crippen LogP contribution in [0.15, 0.2) is 23.5 Å². The highest BCUT2D eigenvalue weighted by molar-refractivity contribution is 6.41. The van der Waals surface area contributed by atoms with E-state index < -0.39 is 5.78 Å². The van der Waals surface area contributed by atoms with Crippen molar-refractivity contribution in [1.82, 2.24) is 9.78 Å². The van der Waals surface area contributed by atoms with E-state index in [1.807, 2.05) is 0 Å². The van der Waals surface area contributed by atoms with Gasteiger partial charge in [-0.25, -0.2) is 4.68 Å². The van der Waals surface area contributed by atoms with Crippen molar-refractivity contribution < 1.29 is 14.7 Å². The second-order valence-corrected chi connectivity index (χ2v) is 5.29. The Hall–Kier alpha value is -2.05. The Morgan fingerprint density at radius 1 is 1.39 bits per heavy atom. The van der Waals surface area contributed by atoms with Gasteiger partial charge in [-0.3, -0.25) is 4.79 Å². The fourth-order valence-corrected chi connectivity index (χ4v) is 2.50. The van der Waals surface area contributed by atoms with Crippen LogP contribution in [0.4, 0.5) is 0 Å². The third-order valence-electron chi connectivity index (χ3n) is 3.11. The highest BCUT2D eigenvalue weighted by Gasteiger charge is 2.22. The summed E-state index contributed by atoms with van der Waals surface area (Å²) in [5, 5.41) is 18.1. The van der Waals surface area contributed by atoms with E-state index in [9.17, 15) is 9.90 Å². The summed E-state index contributed by atoms with van der Waals surface area (Å²) in [5.41, 5.74) is 0.638. The number of hydrogen-bond donors (Lipinski definition) is 1. The number of ketones is 1. The van der Waals surface area contributed by atoms with Gasteiger partial charge >= 0.3 is 0 Å². The van der Waals surface area contributed by atoms with Crippen molar-refractivity contribution in [1.29, 1.82) is 0 Å². The van der Waals surface area contributed by atoms with Crippen LogP contribution >= 0.6 is 23.2 Å². The zero-order valence-electron chi connectivity index (χ0n) is 12.6. The van der Waals surface area contributed by atoms with Gasteiger partial charge in [-0.2, -0.15) is 5.10 Å². The molecule has 1 heterocycles. The largest absolute Gasteiger partial charge is 0.493 e. The summed E-state index contributed by atoms with van der Waals surface area (Å²) in [5.74, 6) is -0.650. The summed E-state index contributed by atoms with van der Waals surface area (Å²) in [4.78, 5) is 17.5. The van der Waals surface area contributed by atoms with Gasteiger partial charge in [-0.05, 0) is 26.0 Å². The quantitative estimate of drug-likeness (QED) is 0.488. The molecular formula is C15H15Cl2N3O3. The van der Waals surface area contributed by atoms with Crippen molar-refractivity contribution >= 4 is 35.2 Å². The Morgan fingerprint density at radius 3 is 2.74 bits per heavy atom. The molecule has 1 aromatic heterocycles. The number of nitrogens with zero attached hydrogens (tertiary/aromatic N) is 3. The zero-order chi connectivity index (χ0) is 17.0. The normalized spacial score (nSPS) is 11.1. The van der Waals surface area contributed by atoms with E-state index >= 15 is 0 Å². The number of carbonyl (C=O) groups excluding carboxylic acids is 1. The lowest BCUT2D eigenvalue weighted by Crippen LogP contribution is -2.04. The van der Waals surface area contributed by atoms with Crippen LogP contribution in [-0.4, -0.2) is 33.5 Å². The van der Waals surface area contributed by atoms with Crippen molar-refractivity contribution in [2.24, 2.45) is 5.16 Å². The van der Waals surface area contributed by atoms with Crippen molar-refractivity contribution in [3.63, 3.8) is 0 Å². The predicted molar refractivity (Wildman–Crippen MR) is 88.7 cm³/mol. The van der Waals surface area contributed by atoms with Crippen LogP contribution in [0.5, 0.6) is 5.88 Å². The summed E-state index contributed by atoms with van der Waals surface area (Å²) in [6.45, 7) is 4.43. The lowest BCUT2D eigenvalue weighted by molar-refractivity contribution is 0.103. The first-order valence-electron chi connectivity index (χ1n) is 6.94. The van der Waals surface area contributed by atoms with Gasteiger partial charge in [0.25, 0.3) is 0 Å². The number of carbonyl (C=O) groups is 1. The lowest BCUT2D eigenvalue weighted by Gasteiger charge is -2.07. The summed E-state index contributed by atoms with van der Waals surface area (Å²) in [7, 11) is 0. The first-order chi connectivity index (χ1) is 11.0. The molecule has 0 saturated carbocycles. The molecular weight excluding hydrogens is 341 g/mol. The van der Waals surface area contributed by atoms with Crippen LogP contribution in [0.25, 0.3) is 0 Å². The number of hydrogen-bond acceptors (Lipinski definition) is 5. The predicted octanol–water partition coefficient (Wildman–Crippen LogP) is 3.52. The molecule has 8 heteroatoms. The molecule has 0 saturated heterocycles. The fourth-order valence-electron chi connectivity index (χ4n) is 1.94. The van der Waals surface area contributed by atoms with Crippen molar-refractivity contribution in [3.8, 4) is 5.88 Å². The molecule has 122 valence electrons. The van der Waals surface area contributed by atoms with Gasteiger partial charge in [0.05, 0.1) is 22.5 Å². The number of halogens is 2. The average Bonchev–Trinajstić information content (AvgIpc) is 2.91. The topological polar surface area (TPSA) is 76.7 Å². The van der Waals surface area contributed by atoms with E-state index in [1.165, 1.54) is 29.2 Å². The molecule has 0 aliphatic carbocycles. The third kappa shape index (κ3) is 3.48. The summed E-state index contributed by atoms with van der Waals surface area (Å²) in [6.07, 6.45) is 2.65. The molecule has 0 radical (unpaired) electrons. The summed E-state index contributed by atoms with van der Waals surface area (Å²) >= 11 is 12.4. The van der Waals surface area contributed by atoms with Crippen LogP contribution in [0.3, 0.4) is 0 Å². The number of aromatic hydroxyl groups is 1. The zero-order valence-corrected chi connectivity index (χ0v) is 14.1. The summed E-state index contributed by atoms with van der Waals surface area (Å²) in [6, 6.07) is 3.03. The highest BCUT2D eigenvalue weighted by Crippen LogP contribution is 2.30. The molecule has 0 aliphatic heterocycles. The van der Waals surface area contributed by atoms with E-state index in [4.69, 9.17) is 28.0 Å². The Balaban J connectivity index is 2.45. The second-order valence-electron chi connectivity index (χ2n) is 4.50. The van der Waals surface area contributed by atoms with Gasteiger partial charge < -0.3 is 9.94 Å². The minimum absolute atomic E-state index is 0.0729. The standard InChI is InChI=1S/C15H15Cl2N3O3/c1-3-20-15(22)11(7-18-20)14(21)9-5-6-12(16)10(13(9)17)8-19-23-4-2/h5-8,22H,3-4H2,1-2H3/b19-8+. The van der Waals surface area contributed by atoms with Gasteiger partial charge in [0.2, 0.25) is 11.7 Å². The van der Waals surface area contributed by atoms with E-state index in [-0.39, 0.29) is 22.0 Å². The monoisotopic (exact) mass is 355 g/mol. The van der Waals surface area contributed by atoms with Gasteiger partial charge in [-0.15, -0.1) is 0 Å². The molecule has 2 aromatic rings. The molecule has 1 N–H and O–H groups in total.